The molecule has 0 saturated heterocycles. The quantitative estimate of drug-likeness (QED) is 0.441. The number of hydrogen-bond donors (Lipinski definition) is 3. The van der Waals surface area contributed by atoms with Gasteiger partial charge in [0.2, 0.25) is 0 Å². The Morgan fingerprint density at radius 1 is 1.25 bits per heavy atom. The van der Waals surface area contributed by atoms with Gasteiger partial charge in [0.15, 0.2) is 0 Å². The summed E-state index contributed by atoms with van der Waals surface area (Å²) in [5.41, 5.74) is 7.25. The molecule has 0 heterocycles. The zero-order chi connectivity index (χ0) is 14.5. The van der Waals surface area contributed by atoms with E-state index < -0.39 is 4.92 Å². The Labute approximate surface area is 116 Å². The maximum absolute atomic E-state index is 10.8. The largest absolute Gasteiger partial charge is 0.398 e. The van der Waals surface area contributed by atoms with Gasteiger partial charge in [0, 0.05) is 23.5 Å². The Hall–Kier alpha value is -2.60. The predicted octanol–water partition coefficient (Wildman–Crippen LogP) is 2.32. The number of nitro benzene ring substituents is 1. The van der Waals surface area contributed by atoms with Gasteiger partial charge in [-0.25, -0.2) is 0 Å². The van der Waals surface area contributed by atoms with Crippen LogP contribution < -0.4 is 11.1 Å². The molecule has 0 amide bonds. The van der Waals surface area contributed by atoms with E-state index in [2.05, 4.69) is 5.32 Å². The summed E-state index contributed by atoms with van der Waals surface area (Å²) in [6.07, 6.45) is 0. The highest BCUT2D eigenvalue weighted by molar-refractivity contribution is 5.62. The van der Waals surface area contributed by atoms with E-state index in [9.17, 15) is 15.2 Å². The molecule has 0 fully saturated rings. The van der Waals surface area contributed by atoms with Gasteiger partial charge in [-0.3, -0.25) is 10.1 Å². The van der Waals surface area contributed by atoms with Crippen molar-refractivity contribution in [1.82, 2.24) is 0 Å². The highest BCUT2D eigenvalue weighted by Gasteiger charge is 2.13. The van der Waals surface area contributed by atoms with Gasteiger partial charge in [0.1, 0.15) is 0 Å². The number of nitrogen functional groups attached to an aromatic ring is 1. The Morgan fingerprint density at radius 3 is 2.55 bits per heavy atom. The monoisotopic (exact) mass is 273 g/mol. The number of hydrogen-bond acceptors (Lipinski definition) is 5. The van der Waals surface area contributed by atoms with Crippen LogP contribution in [0.25, 0.3) is 0 Å². The van der Waals surface area contributed by atoms with Gasteiger partial charge < -0.3 is 16.2 Å². The van der Waals surface area contributed by atoms with Crippen molar-refractivity contribution < 1.29 is 10.0 Å². The van der Waals surface area contributed by atoms with E-state index >= 15 is 0 Å². The minimum atomic E-state index is -0.502. The van der Waals surface area contributed by atoms with Gasteiger partial charge in [-0.15, -0.1) is 0 Å². The molecule has 4 N–H and O–H groups in total. The molecule has 6 heteroatoms. The lowest BCUT2D eigenvalue weighted by molar-refractivity contribution is -0.384. The molecule has 0 aliphatic heterocycles. The SMILES string of the molecule is Nc1cc(NC(CO)c2ccccc2)cc([N+](=O)[O-])c1. The van der Waals surface area contributed by atoms with Crippen LogP contribution in [0.1, 0.15) is 11.6 Å². The first-order valence-corrected chi connectivity index (χ1v) is 6.07. The summed E-state index contributed by atoms with van der Waals surface area (Å²) >= 11 is 0. The number of nitrogens with zero attached hydrogens (tertiary/aromatic N) is 1. The predicted molar refractivity (Wildman–Crippen MR) is 77.4 cm³/mol. The van der Waals surface area contributed by atoms with Crippen LogP contribution in [0.2, 0.25) is 0 Å². The molecule has 0 aliphatic carbocycles. The summed E-state index contributed by atoms with van der Waals surface area (Å²) in [6, 6.07) is 13.3. The highest BCUT2D eigenvalue weighted by Crippen LogP contribution is 2.25. The van der Waals surface area contributed by atoms with Gasteiger partial charge >= 0.3 is 0 Å². The third kappa shape index (κ3) is 3.24. The Kier molecular flexibility index (Phi) is 4.17. The van der Waals surface area contributed by atoms with E-state index in [1.54, 1.807) is 6.07 Å². The van der Waals surface area contributed by atoms with Gasteiger partial charge in [-0.1, -0.05) is 30.3 Å². The van der Waals surface area contributed by atoms with Crippen LogP contribution >= 0.6 is 0 Å². The minimum Gasteiger partial charge on any atom is -0.398 e. The van der Waals surface area contributed by atoms with E-state index in [1.165, 1.54) is 12.1 Å². The zero-order valence-corrected chi connectivity index (χ0v) is 10.7. The summed E-state index contributed by atoms with van der Waals surface area (Å²) in [7, 11) is 0. The number of non-ortho nitro benzene ring substituents is 1. The second-order valence-electron chi connectivity index (χ2n) is 4.36. The molecule has 104 valence electrons. The van der Waals surface area contributed by atoms with Crippen LogP contribution in [0.15, 0.2) is 48.5 Å². The van der Waals surface area contributed by atoms with Crippen molar-refractivity contribution in [3.8, 4) is 0 Å². The Bertz CT molecular complexity index is 602. The topological polar surface area (TPSA) is 101 Å². The van der Waals surface area contributed by atoms with Crippen molar-refractivity contribution in [2.75, 3.05) is 17.7 Å². The van der Waals surface area contributed by atoms with Crippen LogP contribution in [0.3, 0.4) is 0 Å². The normalized spacial score (nSPS) is 11.8. The lowest BCUT2D eigenvalue weighted by Crippen LogP contribution is -2.15. The molecule has 1 atom stereocenters. The molecule has 0 spiro atoms. The third-order valence-electron chi connectivity index (χ3n) is 2.88. The van der Waals surface area contributed by atoms with Crippen molar-refractivity contribution in [1.29, 1.82) is 0 Å². The lowest BCUT2D eigenvalue weighted by atomic mass is 10.1. The molecule has 1 unspecified atom stereocenters. The van der Waals surface area contributed by atoms with E-state index in [-0.39, 0.29) is 18.3 Å². The number of aliphatic hydroxyl groups is 1. The average Bonchev–Trinajstić information content (AvgIpc) is 2.45. The van der Waals surface area contributed by atoms with E-state index in [1.807, 2.05) is 30.3 Å². The summed E-state index contributed by atoms with van der Waals surface area (Å²) in [5.74, 6) is 0. The molecule has 2 aromatic rings. The Morgan fingerprint density at radius 2 is 1.95 bits per heavy atom. The fourth-order valence-corrected chi connectivity index (χ4v) is 1.94. The molecule has 0 aliphatic rings. The number of aliphatic hydroxyl groups excluding tert-OH is 1. The molecule has 0 bridgehead atoms. The van der Waals surface area contributed by atoms with Gasteiger partial charge in [0.05, 0.1) is 17.6 Å². The number of nitrogens with two attached hydrogens (primary N) is 1. The average molecular weight is 273 g/mol. The van der Waals surface area contributed by atoms with Crippen LogP contribution in [-0.2, 0) is 0 Å². The highest BCUT2D eigenvalue weighted by atomic mass is 16.6. The van der Waals surface area contributed by atoms with E-state index in [0.29, 0.717) is 11.4 Å². The Balaban J connectivity index is 2.26. The van der Waals surface area contributed by atoms with E-state index in [4.69, 9.17) is 5.73 Å². The van der Waals surface area contributed by atoms with Gasteiger partial charge in [-0.2, -0.15) is 0 Å². The van der Waals surface area contributed by atoms with Crippen molar-refractivity contribution in [2.24, 2.45) is 0 Å². The fourth-order valence-electron chi connectivity index (χ4n) is 1.94. The minimum absolute atomic E-state index is 0.0859. The number of nitrogens with one attached hydrogen (secondary N) is 1. The fraction of sp³-hybridized carbons (Fsp3) is 0.143. The summed E-state index contributed by atoms with van der Waals surface area (Å²) < 4.78 is 0. The van der Waals surface area contributed by atoms with Crippen molar-refractivity contribution in [3.05, 3.63) is 64.2 Å². The summed E-state index contributed by atoms with van der Waals surface area (Å²) in [6.45, 7) is -0.132. The molecule has 2 rings (SSSR count). The van der Waals surface area contributed by atoms with Crippen molar-refractivity contribution in [2.45, 2.75) is 6.04 Å². The second-order valence-corrected chi connectivity index (χ2v) is 4.36. The third-order valence-corrected chi connectivity index (χ3v) is 2.88. The number of nitro groups is 1. The summed E-state index contributed by atoms with van der Waals surface area (Å²) in [5, 5.41) is 23.3. The first-order chi connectivity index (χ1) is 9.60. The molecule has 6 nitrogen and oxygen atoms in total. The molecular weight excluding hydrogens is 258 g/mol. The molecule has 0 aromatic heterocycles. The van der Waals surface area contributed by atoms with Crippen molar-refractivity contribution in [3.63, 3.8) is 0 Å². The first kappa shape index (κ1) is 13.8. The molecule has 2 aromatic carbocycles. The maximum atomic E-state index is 10.8. The maximum Gasteiger partial charge on any atom is 0.273 e. The summed E-state index contributed by atoms with van der Waals surface area (Å²) in [4.78, 5) is 10.3. The molecular formula is C14H15N3O3. The first-order valence-electron chi connectivity index (χ1n) is 6.07. The van der Waals surface area contributed by atoms with Crippen LogP contribution in [0.4, 0.5) is 17.1 Å². The number of anilines is 2. The molecule has 20 heavy (non-hydrogen) atoms. The number of benzene rings is 2. The van der Waals surface area contributed by atoms with Crippen LogP contribution in [-0.4, -0.2) is 16.6 Å². The molecule has 0 saturated carbocycles. The van der Waals surface area contributed by atoms with Crippen molar-refractivity contribution >= 4 is 17.1 Å². The second kappa shape index (κ2) is 6.03. The zero-order valence-electron chi connectivity index (χ0n) is 10.7. The van der Waals surface area contributed by atoms with Crippen LogP contribution in [0, 0.1) is 10.1 Å². The van der Waals surface area contributed by atoms with Gasteiger partial charge in [-0.05, 0) is 11.6 Å². The molecule has 0 radical (unpaired) electrons. The van der Waals surface area contributed by atoms with E-state index in [0.717, 1.165) is 5.56 Å². The lowest BCUT2D eigenvalue weighted by Gasteiger charge is -2.18. The van der Waals surface area contributed by atoms with Crippen LogP contribution in [0.5, 0.6) is 0 Å². The smallest absolute Gasteiger partial charge is 0.273 e. The van der Waals surface area contributed by atoms with Gasteiger partial charge in [0.25, 0.3) is 5.69 Å². The standard InChI is InChI=1S/C14H15N3O3/c15-11-6-12(8-13(7-11)17(19)20)16-14(9-18)10-4-2-1-3-5-10/h1-8,14,16,18H,9,15H2. The number of rotatable bonds is 5.